The van der Waals surface area contributed by atoms with Crippen molar-refractivity contribution in [3.63, 3.8) is 0 Å². The van der Waals surface area contributed by atoms with E-state index in [1.165, 1.54) is 64.2 Å². The van der Waals surface area contributed by atoms with Crippen LogP contribution in [-0.4, -0.2) is 43.5 Å². The van der Waals surface area contributed by atoms with Crippen molar-refractivity contribution in [2.24, 2.45) is 5.73 Å². The highest BCUT2D eigenvalue weighted by Gasteiger charge is 2.09. The van der Waals surface area contributed by atoms with Crippen LogP contribution in [0.4, 0.5) is 0 Å². The van der Waals surface area contributed by atoms with Gasteiger partial charge in [-0.1, -0.05) is 70.4 Å². The Bertz CT molecular complexity index is 374. The largest absolute Gasteiger partial charge is 0.463 e. The minimum atomic E-state index is -0.758. The van der Waals surface area contributed by atoms with Crippen molar-refractivity contribution < 1.29 is 19.4 Å². The predicted molar refractivity (Wildman–Crippen MR) is 121 cm³/mol. The van der Waals surface area contributed by atoms with Gasteiger partial charge >= 0.3 is 5.97 Å². The number of ether oxygens (including phenoxy) is 2. The molecule has 0 radical (unpaired) electrons. The average Bonchev–Trinajstić information content (AvgIpc) is 2.72. The van der Waals surface area contributed by atoms with E-state index >= 15 is 0 Å². The fraction of sp³-hybridized carbons (Fsp3) is 0.875. The standard InChI is InChI=1S/C24H47NO4/c1-2-3-4-5-6-7-8-9-10-11-12-13-14-15-16-18-24(27)29-22-23(26)21-28-20-17-19-25/h9-10,23,26H,2-8,11-22,25H2,1H3/b10-9+. The summed E-state index contributed by atoms with van der Waals surface area (Å²) in [5.41, 5.74) is 5.36. The number of carbonyl (C=O) groups excluding carboxylic acids is 1. The molecule has 0 fully saturated rings. The second kappa shape index (κ2) is 23.4. The van der Waals surface area contributed by atoms with Crippen LogP contribution < -0.4 is 5.73 Å². The van der Waals surface area contributed by atoms with Gasteiger partial charge in [-0.05, 0) is 45.1 Å². The summed E-state index contributed by atoms with van der Waals surface area (Å²) in [6.45, 7) is 3.54. The van der Waals surface area contributed by atoms with Gasteiger partial charge in [-0.15, -0.1) is 0 Å². The normalized spacial score (nSPS) is 12.5. The molecule has 0 aliphatic heterocycles. The van der Waals surface area contributed by atoms with Crippen molar-refractivity contribution in [2.75, 3.05) is 26.4 Å². The Morgan fingerprint density at radius 3 is 2.07 bits per heavy atom. The van der Waals surface area contributed by atoms with Gasteiger partial charge in [0.1, 0.15) is 12.7 Å². The van der Waals surface area contributed by atoms with Crippen LogP contribution in [0.3, 0.4) is 0 Å². The van der Waals surface area contributed by atoms with E-state index in [1.807, 2.05) is 0 Å². The number of hydrogen-bond acceptors (Lipinski definition) is 5. The molecule has 3 N–H and O–H groups in total. The summed E-state index contributed by atoms with van der Waals surface area (Å²) in [6.07, 6.45) is 21.2. The second-order valence-corrected chi connectivity index (χ2v) is 7.89. The minimum absolute atomic E-state index is 0.00648. The van der Waals surface area contributed by atoms with Crippen LogP contribution in [0, 0.1) is 0 Å². The Balaban J connectivity index is 3.31. The summed E-state index contributed by atoms with van der Waals surface area (Å²) in [6, 6.07) is 0. The number of nitrogens with two attached hydrogens (primary N) is 1. The number of aliphatic hydroxyl groups is 1. The van der Waals surface area contributed by atoms with Crippen LogP contribution in [-0.2, 0) is 14.3 Å². The first-order chi connectivity index (χ1) is 14.2. The summed E-state index contributed by atoms with van der Waals surface area (Å²) in [5, 5.41) is 9.66. The zero-order chi connectivity index (χ0) is 21.4. The van der Waals surface area contributed by atoms with Gasteiger partial charge in [-0.2, -0.15) is 0 Å². The van der Waals surface area contributed by atoms with E-state index in [9.17, 15) is 9.90 Å². The van der Waals surface area contributed by atoms with E-state index < -0.39 is 6.10 Å². The fourth-order valence-corrected chi connectivity index (χ4v) is 3.05. The minimum Gasteiger partial charge on any atom is -0.463 e. The van der Waals surface area contributed by atoms with Gasteiger partial charge in [0.2, 0.25) is 0 Å². The smallest absolute Gasteiger partial charge is 0.305 e. The second-order valence-electron chi connectivity index (χ2n) is 7.89. The molecule has 0 amide bonds. The zero-order valence-corrected chi connectivity index (χ0v) is 18.9. The Morgan fingerprint density at radius 2 is 1.45 bits per heavy atom. The van der Waals surface area contributed by atoms with Crippen molar-refractivity contribution in [1.29, 1.82) is 0 Å². The maximum absolute atomic E-state index is 11.7. The SMILES string of the molecule is CCCCCCCC/C=C/CCCCCCCC(=O)OCC(O)COCCCN. The molecular formula is C24H47NO4. The number of allylic oxidation sites excluding steroid dienone is 2. The fourth-order valence-electron chi connectivity index (χ4n) is 3.05. The lowest BCUT2D eigenvalue weighted by molar-refractivity contribution is -0.147. The number of aliphatic hydroxyl groups excluding tert-OH is 1. The highest BCUT2D eigenvalue weighted by atomic mass is 16.5. The first kappa shape index (κ1) is 28.1. The first-order valence-corrected chi connectivity index (χ1v) is 12.0. The van der Waals surface area contributed by atoms with Crippen LogP contribution >= 0.6 is 0 Å². The van der Waals surface area contributed by atoms with Gasteiger partial charge in [-0.3, -0.25) is 4.79 Å². The molecule has 5 heteroatoms. The zero-order valence-electron chi connectivity index (χ0n) is 18.9. The number of unbranched alkanes of at least 4 members (excludes halogenated alkanes) is 11. The molecule has 0 bridgehead atoms. The van der Waals surface area contributed by atoms with E-state index in [2.05, 4.69) is 19.1 Å². The van der Waals surface area contributed by atoms with Crippen molar-refractivity contribution >= 4 is 5.97 Å². The molecule has 29 heavy (non-hydrogen) atoms. The van der Waals surface area contributed by atoms with Gasteiger partial charge in [0.15, 0.2) is 0 Å². The molecule has 0 aliphatic rings. The van der Waals surface area contributed by atoms with Crippen molar-refractivity contribution in [3.05, 3.63) is 12.2 Å². The summed E-state index contributed by atoms with van der Waals surface area (Å²) in [7, 11) is 0. The van der Waals surface area contributed by atoms with Gasteiger partial charge in [0.05, 0.1) is 6.61 Å². The van der Waals surface area contributed by atoms with E-state index in [0.29, 0.717) is 19.6 Å². The van der Waals surface area contributed by atoms with Crippen molar-refractivity contribution in [2.45, 2.75) is 109 Å². The average molecular weight is 414 g/mol. The number of carbonyl (C=O) groups is 1. The molecule has 0 spiro atoms. The molecular weight excluding hydrogens is 366 g/mol. The molecule has 0 rings (SSSR count). The lowest BCUT2D eigenvalue weighted by atomic mass is 10.1. The van der Waals surface area contributed by atoms with E-state index in [1.54, 1.807) is 0 Å². The molecule has 0 aromatic heterocycles. The van der Waals surface area contributed by atoms with E-state index in [4.69, 9.17) is 15.2 Å². The van der Waals surface area contributed by atoms with Gasteiger partial charge in [-0.25, -0.2) is 0 Å². The third-order valence-corrected chi connectivity index (χ3v) is 4.88. The van der Waals surface area contributed by atoms with E-state index in [-0.39, 0.29) is 19.2 Å². The Hall–Kier alpha value is -0.910. The van der Waals surface area contributed by atoms with Gasteiger partial charge in [0.25, 0.3) is 0 Å². The molecule has 1 atom stereocenters. The summed E-state index contributed by atoms with van der Waals surface area (Å²) in [5.74, 6) is -0.233. The molecule has 0 heterocycles. The number of esters is 1. The van der Waals surface area contributed by atoms with Crippen LogP contribution in [0.1, 0.15) is 103 Å². The lowest BCUT2D eigenvalue weighted by Crippen LogP contribution is -2.24. The Labute approximate surface area is 179 Å². The highest BCUT2D eigenvalue weighted by molar-refractivity contribution is 5.69. The summed E-state index contributed by atoms with van der Waals surface area (Å²) < 4.78 is 10.3. The summed E-state index contributed by atoms with van der Waals surface area (Å²) >= 11 is 0. The maximum atomic E-state index is 11.7. The first-order valence-electron chi connectivity index (χ1n) is 12.0. The number of hydrogen-bond donors (Lipinski definition) is 2. The van der Waals surface area contributed by atoms with Crippen molar-refractivity contribution in [1.82, 2.24) is 0 Å². The molecule has 0 aromatic carbocycles. The number of rotatable bonds is 22. The third-order valence-electron chi connectivity index (χ3n) is 4.88. The van der Waals surface area contributed by atoms with E-state index in [0.717, 1.165) is 25.7 Å². The molecule has 5 nitrogen and oxygen atoms in total. The summed E-state index contributed by atoms with van der Waals surface area (Å²) in [4.78, 5) is 11.7. The predicted octanol–water partition coefficient (Wildman–Crippen LogP) is 5.29. The third kappa shape index (κ3) is 23.2. The molecule has 172 valence electrons. The quantitative estimate of drug-likeness (QED) is 0.143. The van der Waals surface area contributed by atoms with Gasteiger partial charge in [0, 0.05) is 13.0 Å². The van der Waals surface area contributed by atoms with Gasteiger partial charge < -0.3 is 20.3 Å². The monoisotopic (exact) mass is 413 g/mol. The molecule has 0 saturated carbocycles. The topological polar surface area (TPSA) is 81.8 Å². The van der Waals surface area contributed by atoms with Crippen LogP contribution in [0.15, 0.2) is 12.2 Å². The van der Waals surface area contributed by atoms with Crippen LogP contribution in [0.2, 0.25) is 0 Å². The Morgan fingerprint density at radius 1 is 0.862 bits per heavy atom. The van der Waals surface area contributed by atoms with Crippen LogP contribution in [0.5, 0.6) is 0 Å². The molecule has 0 aliphatic carbocycles. The molecule has 0 saturated heterocycles. The van der Waals surface area contributed by atoms with Crippen molar-refractivity contribution in [3.8, 4) is 0 Å². The maximum Gasteiger partial charge on any atom is 0.305 e. The highest BCUT2D eigenvalue weighted by Crippen LogP contribution is 2.10. The molecule has 0 aromatic rings. The van der Waals surface area contributed by atoms with Crippen LogP contribution in [0.25, 0.3) is 0 Å². The molecule has 1 unspecified atom stereocenters. The lowest BCUT2D eigenvalue weighted by Gasteiger charge is -2.11. The Kier molecular flexibility index (Phi) is 22.6.